The van der Waals surface area contributed by atoms with Crippen LogP contribution in [0.25, 0.3) is 11.0 Å². The van der Waals surface area contributed by atoms with Crippen molar-refractivity contribution in [2.24, 2.45) is 11.8 Å². The Morgan fingerprint density at radius 1 is 1.19 bits per heavy atom. The van der Waals surface area contributed by atoms with E-state index in [1.54, 1.807) is 12.1 Å². The number of fused-ring (bicyclic) bond motifs is 1. The average Bonchev–Trinajstić information content (AvgIpc) is 3.19. The molecule has 170 valence electrons. The molecule has 1 saturated carbocycles. The Labute approximate surface area is 183 Å². The van der Waals surface area contributed by atoms with Crippen molar-refractivity contribution in [3.05, 3.63) is 18.2 Å². The monoisotopic (exact) mass is 449 g/mol. The van der Waals surface area contributed by atoms with E-state index in [-0.39, 0.29) is 17.4 Å². The number of carbonyl (C=O) groups is 1. The summed E-state index contributed by atoms with van der Waals surface area (Å²) in [6.45, 7) is 3.58. The topological polar surface area (TPSA) is 106 Å². The second-order valence-electron chi connectivity index (χ2n) is 8.80. The standard InChI is InChI=1S/C21H31N5O4S/c1-16-6-5-11-25(14-16)31(28,29)18-9-10-19-20(12-18)26(24-23-19)30-15-21(27)22-13-17-7-3-2-4-8-17/h9-10,12,16-17H,2-8,11,13-15H2,1H3,(H,22,27). The molecule has 10 heteroatoms. The van der Waals surface area contributed by atoms with Crippen LogP contribution >= 0.6 is 0 Å². The molecule has 1 aliphatic carbocycles. The van der Waals surface area contributed by atoms with Crippen LogP contribution in [0.5, 0.6) is 0 Å². The minimum Gasteiger partial charge on any atom is -0.385 e. The molecule has 1 unspecified atom stereocenters. The molecule has 2 aliphatic rings. The predicted octanol–water partition coefficient (Wildman–Crippen LogP) is 1.98. The van der Waals surface area contributed by atoms with E-state index in [1.807, 2.05) is 0 Å². The molecule has 1 aliphatic heterocycles. The molecule has 0 radical (unpaired) electrons. The number of nitrogens with one attached hydrogen (secondary N) is 1. The number of carbonyl (C=O) groups excluding carboxylic acids is 1. The first-order valence-corrected chi connectivity index (χ1v) is 12.6. The molecule has 0 spiro atoms. The molecule has 1 saturated heterocycles. The van der Waals surface area contributed by atoms with Crippen molar-refractivity contribution in [2.45, 2.75) is 56.8 Å². The number of piperidine rings is 1. The van der Waals surface area contributed by atoms with Crippen LogP contribution in [0, 0.1) is 11.8 Å². The first kappa shape index (κ1) is 22.0. The van der Waals surface area contributed by atoms with Crippen LogP contribution < -0.4 is 10.2 Å². The van der Waals surface area contributed by atoms with Gasteiger partial charge in [0.15, 0.2) is 6.61 Å². The lowest BCUT2D eigenvalue weighted by atomic mass is 9.89. The number of aromatic nitrogens is 3. The second kappa shape index (κ2) is 9.52. The largest absolute Gasteiger partial charge is 0.385 e. The van der Waals surface area contributed by atoms with Crippen molar-refractivity contribution >= 4 is 27.0 Å². The Morgan fingerprint density at radius 2 is 2.00 bits per heavy atom. The number of benzene rings is 1. The highest BCUT2D eigenvalue weighted by Crippen LogP contribution is 2.25. The summed E-state index contributed by atoms with van der Waals surface area (Å²) in [5.74, 6) is 0.658. The van der Waals surface area contributed by atoms with Gasteiger partial charge in [-0.05, 0) is 60.9 Å². The van der Waals surface area contributed by atoms with E-state index in [4.69, 9.17) is 4.84 Å². The Hall–Kier alpha value is -2.20. The molecule has 1 amide bonds. The summed E-state index contributed by atoms with van der Waals surface area (Å²) < 4.78 is 27.7. The molecular formula is C21H31N5O4S. The highest BCUT2D eigenvalue weighted by Gasteiger charge is 2.29. The van der Waals surface area contributed by atoms with E-state index in [1.165, 1.54) is 29.6 Å². The van der Waals surface area contributed by atoms with Crippen molar-refractivity contribution < 1.29 is 18.0 Å². The number of amides is 1. The van der Waals surface area contributed by atoms with Crippen LogP contribution in [0.1, 0.15) is 51.9 Å². The Balaban J connectivity index is 1.41. The normalized spacial score (nSPS) is 21.3. The van der Waals surface area contributed by atoms with Gasteiger partial charge in [0.1, 0.15) is 11.0 Å². The van der Waals surface area contributed by atoms with Crippen LogP contribution in [0.4, 0.5) is 0 Å². The SMILES string of the molecule is CC1CCCN(S(=O)(=O)c2ccc3nnn(OCC(=O)NCC4CCCCC4)c3c2)C1. The second-order valence-corrected chi connectivity index (χ2v) is 10.7. The first-order chi connectivity index (χ1) is 14.9. The number of nitrogens with zero attached hydrogens (tertiary/aromatic N) is 4. The van der Waals surface area contributed by atoms with Gasteiger partial charge in [-0.3, -0.25) is 4.79 Å². The lowest BCUT2D eigenvalue weighted by Gasteiger charge is -2.30. The highest BCUT2D eigenvalue weighted by atomic mass is 32.2. The maximum absolute atomic E-state index is 13.1. The molecule has 0 bridgehead atoms. The lowest BCUT2D eigenvalue weighted by Crippen LogP contribution is -2.39. The zero-order valence-electron chi connectivity index (χ0n) is 18.0. The van der Waals surface area contributed by atoms with E-state index in [0.717, 1.165) is 30.5 Å². The zero-order chi connectivity index (χ0) is 21.8. The van der Waals surface area contributed by atoms with Crippen molar-refractivity contribution in [2.75, 3.05) is 26.2 Å². The summed E-state index contributed by atoms with van der Waals surface area (Å²) in [5.41, 5.74) is 0.930. The van der Waals surface area contributed by atoms with Gasteiger partial charge in [-0.25, -0.2) is 8.42 Å². The van der Waals surface area contributed by atoms with Crippen LogP contribution in [0.15, 0.2) is 23.1 Å². The fraction of sp³-hybridized carbons (Fsp3) is 0.667. The fourth-order valence-corrected chi connectivity index (χ4v) is 6.09. The van der Waals surface area contributed by atoms with Crippen molar-refractivity contribution in [3.63, 3.8) is 0 Å². The van der Waals surface area contributed by atoms with E-state index < -0.39 is 10.0 Å². The summed E-state index contributed by atoms with van der Waals surface area (Å²) in [6, 6.07) is 4.68. The molecule has 31 heavy (non-hydrogen) atoms. The number of sulfonamides is 1. The lowest BCUT2D eigenvalue weighted by molar-refractivity contribution is -0.126. The molecule has 2 fully saturated rings. The van der Waals surface area contributed by atoms with Gasteiger partial charge in [-0.2, -0.15) is 4.31 Å². The molecule has 1 aromatic heterocycles. The van der Waals surface area contributed by atoms with Crippen LogP contribution in [-0.2, 0) is 14.8 Å². The number of rotatable bonds is 7. The van der Waals surface area contributed by atoms with Crippen LogP contribution in [0.3, 0.4) is 0 Å². The van der Waals surface area contributed by atoms with Crippen LogP contribution in [0.2, 0.25) is 0 Å². The van der Waals surface area contributed by atoms with Gasteiger partial charge in [0.2, 0.25) is 10.0 Å². The van der Waals surface area contributed by atoms with Crippen molar-refractivity contribution in [3.8, 4) is 0 Å². The van der Waals surface area contributed by atoms with E-state index >= 15 is 0 Å². The number of hydrogen-bond donors (Lipinski definition) is 1. The fourth-order valence-electron chi connectivity index (χ4n) is 4.47. The average molecular weight is 450 g/mol. The summed E-state index contributed by atoms with van der Waals surface area (Å²) in [5, 5.41) is 10.9. The van der Waals surface area contributed by atoms with E-state index in [0.29, 0.717) is 42.5 Å². The van der Waals surface area contributed by atoms with Crippen molar-refractivity contribution in [1.82, 2.24) is 24.8 Å². The van der Waals surface area contributed by atoms with Gasteiger partial charge in [-0.15, -0.1) is 5.10 Å². The first-order valence-electron chi connectivity index (χ1n) is 11.2. The third-order valence-electron chi connectivity index (χ3n) is 6.27. The summed E-state index contributed by atoms with van der Waals surface area (Å²) in [7, 11) is -3.60. The van der Waals surface area contributed by atoms with Gasteiger partial charge >= 0.3 is 0 Å². The van der Waals surface area contributed by atoms with Gasteiger partial charge in [-0.1, -0.05) is 31.0 Å². The highest BCUT2D eigenvalue weighted by molar-refractivity contribution is 7.89. The molecule has 2 heterocycles. The maximum Gasteiger partial charge on any atom is 0.260 e. The molecular weight excluding hydrogens is 418 g/mol. The smallest absolute Gasteiger partial charge is 0.260 e. The molecule has 1 aromatic carbocycles. The third-order valence-corrected chi connectivity index (χ3v) is 8.14. The number of hydrogen-bond acceptors (Lipinski definition) is 6. The van der Waals surface area contributed by atoms with Crippen LogP contribution in [-0.4, -0.2) is 60.0 Å². The van der Waals surface area contributed by atoms with Gasteiger partial charge in [0.25, 0.3) is 5.91 Å². The Bertz CT molecular complexity index is 1020. The summed E-state index contributed by atoms with van der Waals surface area (Å²) in [4.78, 5) is 19.0. The minimum absolute atomic E-state index is 0.183. The quantitative estimate of drug-likeness (QED) is 0.693. The van der Waals surface area contributed by atoms with Crippen molar-refractivity contribution in [1.29, 1.82) is 0 Å². The van der Waals surface area contributed by atoms with Gasteiger partial charge < -0.3 is 10.2 Å². The summed E-state index contributed by atoms with van der Waals surface area (Å²) >= 11 is 0. The molecule has 1 N–H and O–H groups in total. The Kier molecular flexibility index (Phi) is 6.76. The molecule has 4 rings (SSSR count). The predicted molar refractivity (Wildman–Crippen MR) is 116 cm³/mol. The summed E-state index contributed by atoms with van der Waals surface area (Å²) in [6.07, 6.45) is 7.94. The molecule has 2 aromatic rings. The molecule has 1 atom stereocenters. The van der Waals surface area contributed by atoms with Gasteiger partial charge in [0, 0.05) is 19.6 Å². The van der Waals surface area contributed by atoms with E-state index in [2.05, 4.69) is 22.6 Å². The minimum atomic E-state index is -3.60. The third kappa shape index (κ3) is 5.17. The van der Waals surface area contributed by atoms with E-state index in [9.17, 15) is 13.2 Å². The molecule has 9 nitrogen and oxygen atoms in total. The van der Waals surface area contributed by atoms with Gasteiger partial charge in [0.05, 0.1) is 4.90 Å². The Morgan fingerprint density at radius 3 is 2.77 bits per heavy atom. The zero-order valence-corrected chi connectivity index (χ0v) is 18.8. The maximum atomic E-state index is 13.1.